The second kappa shape index (κ2) is 7.25. The zero-order valence-electron chi connectivity index (χ0n) is 8.30. The summed E-state index contributed by atoms with van der Waals surface area (Å²) < 4.78 is 4.99. The summed E-state index contributed by atoms with van der Waals surface area (Å²) in [5.74, 6) is 0.207. The van der Waals surface area contributed by atoms with Crippen LogP contribution in [0.5, 0.6) is 0 Å². The molecule has 0 radical (unpaired) electrons. The maximum atomic E-state index is 11.0. The number of ether oxygens (including phenoxy) is 1. The summed E-state index contributed by atoms with van der Waals surface area (Å²) >= 11 is 0. The average Bonchev–Trinajstić information content (AvgIpc) is 2.00. The van der Waals surface area contributed by atoms with Crippen molar-refractivity contribution < 1.29 is 9.53 Å². The molecule has 72 valence electrons. The minimum absolute atomic E-state index is 0.207. The fourth-order valence-corrected chi connectivity index (χ4v) is 0.881. The first-order chi connectivity index (χ1) is 5.66. The summed E-state index contributed by atoms with van der Waals surface area (Å²) in [6, 6.07) is 0. The van der Waals surface area contributed by atoms with Gasteiger partial charge >= 0.3 is 0 Å². The summed E-state index contributed by atoms with van der Waals surface area (Å²) in [4.78, 5) is 13.1. The summed E-state index contributed by atoms with van der Waals surface area (Å²) in [5, 5.41) is 0. The predicted octanol–water partition coefficient (Wildman–Crippen LogP) is 0.934. The Hall–Kier alpha value is -0.410. The Labute approximate surface area is 74.7 Å². The van der Waals surface area contributed by atoms with Crippen LogP contribution >= 0.6 is 0 Å². The molecule has 3 nitrogen and oxygen atoms in total. The molecule has 0 aliphatic carbocycles. The third-order valence-corrected chi connectivity index (χ3v) is 1.53. The van der Waals surface area contributed by atoms with E-state index in [9.17, 15) is 4.79 Å². The molecule has 12 heavy (non-hydrogen) atoms. The summed E-state index contributed by atoms with van der Waals surface area (Å²) in [6.07, 6.45) is 1.57. The highest BCUT2D eigenvalue weighted by Crippen LogP contribution is 1.93. The molecule has 3 heteroatoms. The van der Waals surface area contributed by atoms with Crippen LogP contribution in [0.1, 0.15) is 19.8 Å². The number of hydrogen-bond donors (Lipinski definition) is 0. The van der Waals surface area contributed by atoms with E-state index < -0.39 is 0 Å². The van der Waals surface area contributed by atoms with Crippen molar-refractivity contribution in [3.63, 3.8) is 0 Å². The van der Waals surface area contributed by atoms with Crippen molar-refractivity contribution in [3.05, 3.63) is 0 Å². The second-order valence-corrected chi connectivity index (χ2v) is 3.08. The molecule has 0 aromatic rings. The zero-order valence-corrected chi connectivity index (χ0v) is 8.30. The van der Waals surface area contributed by atoms with E-state index in [2.05, 4.69) is 4.90 Å². The van der Waals surface area contributed by atoms with Gasteiger partial charge in [0.1, 0.15) is 6.61 Å². The van der Waals surface area contributed by atoms with E-state index in [1.54, 1.807) is 0 Å². The first kappa shape index (κ1) is 11.6. The van der Waals surface area contributed by atoms with E-state index in [1.807, 2.05) is 21.0 Å². The van der Waals surface area contributed by atoms with Crippen LogP contribution in [0.2, 0.25) is 0 Å². The molecular weight excluding hydrogens is 154 g/mol. The number of ketones is 1. The van der Waals surface area contributed by atoms with Gasteiger partial charge in [-0.1, -0.05) is 0 Å². The molecule has 0 aromatic heterocycles. The van der Waals surface area contributed by atoms with Crippen molar-refractivity contribution in [1.29, 1.82) is 0 Å². The van der Waals surface area contributed by atoms with Crippen LogP contribution in [0.3, 0.4) is 0 Å². The van der Waals surface area contributed by atoms with Crippen LogP contribution in [-0.2, 0) is 9.53 Å². The number of nitrogens with zero attached hydrogens (tertiary/aromatic N) is 1. The fourth-order valence-electron chi connectivity index (χ4n) is 0.881. The smallest absolute Gasteiger partial charge is 0.158 e. The molecule has 0 amide bonds. The summed E-state index contributed by atoms with van der Waals surface area (Å²) in [6.45, 7) is 3.77. The van der Waals surface area contributed by atoms with E-state index in [4.69, 9.17) is 4.74 Å². The van der Waals surface area contributed by atoms with Crippen LogP contribution in [0.4, 0.5) is 0 Å². The molecule has 0 atom stereocenters. The van der Waals surface area contributed by atoms with Crippen LogP contribution in [-0.4, -0.2) is 44.5 Å². The Morgan fingerprint density at radius 1 is 1.42 bits per heavy atom. The van der Waals surface area contributed by atoms with Gasteiger partial charge in [0.15, 0.2) is 5.78 Å². The van der Waals surface area contributed by atoms with Gasteiger partial charge in [0.2, 0.25) is 0 Å². The average molecular weight is 173 g/mol. The predicted molar refractivity (Wildman–Crippen MR) is 49.3 cm³/mol. The molecule has 0 N–H and O–H groups in total. The topological polar surface area (TPSA) is 29.5 Å². The van der Waals surface area contributed by atoms with Gasteiger partial charge in [-0.25, -0.2) is 0 Å². The monoisotopic (exact) mass is 173 g/mol. The lowest BCUT2D eigenvalue weighted by Gasteiger charge is -2.07. The van der Waals surface area contributed by atoms with E-state index >= 15 is 0 Å². The highest BCUT2D eigenvalue weighted by molar-refractivity contribution is 5.79. The molecule has 0 bridgehead atoms. The highest BCUT2D eigenvalue weighted by Gasteiger charge is 2.00. The first-order valence-corrected chi connectivity index (χ1v) is 4.41. The molecule has 0 aromatic carbocycles. The molecule has 0 aliphatic rings. The molecular formula is C9H19NO2. The van der Waals surface area contributed by atoms with Gasteiger partial charge < -0.3 is 9.64 Å². The van der Waals surface area contributed by atoms with E-state index in [-0.39, 0.29) is 12.4 Å². The van der Waals surface area contributed by atoms with Crippen molar-refractivity contribution in [3.8, 4) is 0 Å². The van der Waals surface area contributed by atoms with Gasteiger partial charge in [-0.2, -0.15) is 0 Å². The van der Waals surface area contributed by atoms with Gasteiger partial charge in [-0.05, 0) is 34.0 Å². The summed E-state index contributed by atoms with van der Waals surface area (Å²) in [7, 11) is 4.01. The van der Waals surface area contributed by atoms with E-state index in [0.29, 0.717) is 13.0 Å². The lowest BCUT2D eigenvalue weighted by Crippen LogP contribution is -2.15. The second-order valence-electron chi connectivity index (χ2n) is 3.08. The van der Waals surface area contributed by atoms with Crippen LogP contribution in [0.15, 0.2) is 0 Å². The number of hydrogen-bond acceptors (Lipinski definition) is 3. The Balaban J connectivity index is 3.20. The summed E-state index contributed by atoms with van der Waals surface area (Å²) in [5.41, 5.74) is 0. The number of rotatable bonds is 7. The molecule has 0 spiro atoms. The maximum Gasteiger partial charge on any atom is 0.158 e. The molecule has 0 saturated carbocycles. The highest BCUT2D eigenvalue weighted by atomic mass is 16.5. The third-order valence-electron chi connectivity index (χ3n) is 1.53. The Kier molecular flexibility index (Phi) is 7.00. The van der Waals surface area contributed by atoms with Gasteiger partial charge in [0.25, 0.3) is 0 Å². The molecule has 0 heterocycles. The Bertz CT molecular complexity index is 124. The van der Waals surface area contributed by atoms with Crippen molar-refractivity contribution in [2.24, 2.45) is 0 Å². The number of carbonyl (C=O) groups is 1. The minimum Gasteiger partial charge on any atom is -0.374 e. The van der Waals surface area contributed by atoms with E-state index in [1.165, 1.54) is 0 Å². The van der Waals surface area contributed by atoms with Crippen molar-refractivity contribution >= 4 is 5.78 Å². The van der Waals surface area contributed by atoms with Crippen LogP contribution in [0, 0.1) is 0 Å². The minimum atomic E-state index is 0.207. The quantitative estimate of drug-likeness (QED) is 0.573. The molecule has 0 aliphatic heterocycles. The first-order valence-electron chi connectivity index (χ1n) is 4.41. The van der Waals surface area contributed by atoms with Gasteiger partial charge in [0.05, 0.1) is 0 Å². The van der Waals surface area contributed by atoms with Gasteiger partial charge in [-0.15, -0.1) is 0 Å². The molecule has 0 unspecified atom stereocenters. The van der Waals surface area contributed by atoms with Crippen molar-refractivity contribution in [1.82, 2.24) is 4.90 Å². The van der Waals surface area contributed by atoms with Crippen LogP contribution in [0.25, 0.3) is 0 Å². The van der Waals surface area contributed by atoms with E-state index in [0.717, 1.165) is 13.0 Å². The molecule has 0 saturated heterocycles. The maximum absolute atomic E-state index is 11.0. The largest absolute Gasteiger partial charge is 0.374 e. The normalized spacial score (nSPS) is 10.7. The Morgan fingerprint density at radius 3 is 2.58 bits per heavy atom. The number of carbonyl (C=O) groups excluding carboxylic acids is 1. The third kappa shape index (κ3) is 7.69. The lowest BCUT2D eigenvalue weighted by molar-refractivity contribution is -0.123. The molecule has 0 fully saturated rings. The molecule has 0 rings (SSSR count). The number of Topliss-reactive ketones (excluding diaryl/α,β-unsaturated/α-hetero) is 1. The van der Waals surface area contributed by atoms with Gasteiger partial charge in [-0.3, -0.25) is 4.79 Å². The fraction of sp³-hybridized carbons (Fsp3) is 0.889. The zero-order chi connectivity index (χ0) is 9.40. The van der Waals surface area contributed by atoms with Crippen molar-refractivity contribution in [2.75, 3.05) is 33.9 Å². The standard InChI is InChI=1S/C9H19NO2/c1-4-12-8-9(11)6-5-7-10(2)3/h4-8H2,1-3H3. The van der Waals surface area contributed by atoms with Crippen LogP contribution < -0.4 is 0 Å². The lowest BCUT2D eigenvalue weighted by atomic mass is 10.2. The van der Waals surface area contributed by atoms with Crippen molar-refractivity contribution in [2.45, 2.75) is 19.8 Å². The SMILES string of the molecule is CCOCC(=O)CCCN(C)C. The van der Waals surface area contributed by atoms with Gasteiger partial charge in [0, 0.05) is 13.0 Å². The Morgan fingerprint density at radius 2 is 2.08 bits per heavy atom.